The van der Waals surface area contributed by atoms with Crippen molar-refractivity contribution in [2.45, 2.75) is 44.2 Å². The quantitative estimate of drug-likeness (QED) is 0.833. The van der Waals surface area contributed by atoms with E-state index in [0.717, 1.165) is 44.8 Å². The molecule has 26 heavy (non-hydrogen) atoms. The summed E-state index contributed by atoms with van der Waals surface area (Å²) in [5.41, 5.74) is 1.14. The molecule has 0 radical (unpaired) electrons. The van der Waals surface area contributed by atoms with Gasteiger partial charge in [0.2, 0.25) is 5.91 Å². The van der Waals surface area contributed by atoms with Crippen LogP contribution in [0.5, 0.6) is 0 Å². The van der Waals surface area contributed by atoms with Gasteiger partial charge < -0.3 is 9.47 Å². The maximum Gasteiger partial charge on any atom is 0.223 e. The summed E-state index contributed by atoms with van der Waals surface area (Å²) >= 11 is 0. The third kappa shape index (κ3) is 2.74. The van der Waals surface area contributed by atoms with Crippen LogP contribution in [-0.4, -0.2) is 60.2 Å². The van der Waals surface area contributed by atoms with Crippen molar-refractivity contribution in [1.82, 2.24) is 29.1 Å². The number of aromatic nitrogens is 4. The van der Waals surface area contributed by atoms with Crippen LogP contribution in [0.1, 0.15) is 43.5 Å². The topological polar surface area (TPSA) is 59.2 Å². The predicted octanol–water partition coefficient (Wildman–Crippen LogP) is 1.52. The monoisotopic (exact) mass is 356 g/mol. The number of carbonyl (C=O) groups is 1. The van der Waals surface area contributed by atoms with E-state index >= 15 is 0 Å². The van der Waals surface area contributed by atoms with Gasteiger partial charge in [-0.15, -0.1) is 0 Å². The first kappa shape index (κ1) is 17.3. The summed E-state index contributed by atoms with van der Waals surface area (Å²) in [4.78, 5) is 21.8. The summed E-state index contributed by atoms with van der Waals surface area (Å²) in [5.74, 6) is 1.64. The number of hydrogen-bond donors (Lipinski definition) is 0. The largest absolute Gasteiger partial charge is 0.337 e. The molecule has 1 atom stereocenters. The molecule has 7 nitrogen and oxygen atoms in total. The summed E-state index contributed by atoms with van der Waals surface area (Å²) < 4.78 is 3.93. The van der Waals surface area contributed by atoms with Crippen molar-refractivity contribution < 1.29 is 4.79 Å². The second-order valence-corrected chi connectivity index (χ2v) is 7.68. The molecule has 2 aliphatic rings. The molecule has 4 heterocycles. The molecule has 2 aromatic rings. The van der Waals surface area contributed by atoms with E-state index in [1.165, 1.54) is 5.56 Å². The smallest absolute Gasteiger partial charge is 0.223 e. The van der Waals surface area contributed by atoms with Crippen LogP contribution < -0.4 is 0 Å². The van der Waals surface area contributed by atoms with Crippen molar-refractivity contribution in [3.63, 3.8) is 0 Å². The molecular formula is C19H28N6O. The molecule has 1 amide bonds. The van der Waals surface area contributed by atoms with Crippen molar-refractivity contribution in [1.29, 1.82) is 0 Å². The molecule has 0 bridgehead atoms. The van der Waals surface area contributed by atoms with Crippen molar-refractivity contribution in [2.75, 3.05) is 19.6 Å². The Morgan fingerprint density at radius 1 is 1.27 bits per heavy atom. The van der Waals surface area contributed by atoms with Crippen LogP contribution in [0.2, 0.25) is 0 Å². The van der Waals surface area contributed by atoms with Crippen LogP contribution in [0.25, 0.3) is 0 Å². The molecule has 2 saturated heterocycles. The average molecular weight is 356 g/mol. The number of piperidine rings is 1. The number of imidazole rings is 1. The van der Waals surface area contributed by atoms with E-state index in [1.807, 2.05) is 37.4 Å². The van der Waals surface area contributed by atoms with Gasteiger partial charge >= 0.3 is 0 Å². The number of likely N-dealkylation sites (N-methyl/N-ethyl adjacent to an activating group) is 1. The molecule has 0 saturated carbocycles. The van der Waals surface area contributed by atoms with Crippen LogP contribution in [0.4, 0.5) is 0 Å². The zero-order valence-electron chi connectivity index (χ0n) is 15.9. The predicted molar refractivity (Wildman–Crippen MR) is 98.4 cm³/mol. The number of hydrogen-bond acceptors (Lipinski definition) is 4. The second-order valence-electron chi connectivity index (χ2n) is 7.68. The van der Waals surface area contributed by atoms with E-state index in [-0.39, 0.29) is 11.5 Å². The minimum Gasteiger partial charge on any atom is -0.337 e. The van der Waals surface area contributed by atoms with Crippen molar-refractivity contribution >= 4 is 5.91 Å². The third-order valence-corrected chi connectivity index (χ3v) is 6.32. The van der Waals surface area contributed by atoms with Gasteiger partial charge in [0.1, 0.15) is 5.82 Å². The van der Waals surface area contributed by atoms with E-state index in [4.69, 9.17) is 0 Å². The Kier molecular flexibility index (Phi) is 4.34. The van der Waals surface area contributed by atoms with Crippen LogP contribution in [-0.2, 0) is 25.4 Å². The second kappa shape index (κ2) is 6.54. The summed E-state index contributed by atoms with van der Waals surface area (Å²) in [6.07, 6.45) is 10.5. The maximum absolute atomic E-state index is 12.7. The maximum atomic E-state index is 12.7. The van der Waals surface area contributed by atoms with Crippen LogP contribution >= 0.6 is 0 Å². The minimum absolute atomic E-state index is 0.0625. The molecule has 1 spiro atoms. The molecule has 0 unspecified atom stereocenters. The molecule has 2 fully saturated rings. The Balaban J connectivity index is 1.55. The fourth-order valence-corrected chi connectivity index (χ4v) is 4.92. The highest BCUT2D eigenvalue weighted by atomic mass is 16.2. The molecule has 2 aromatic heterocycles. The molecule has 0 N–H and O–H groups in total. The van der Waals surface area contributed by atoms with E-state index in [1.54, 1.807) is 0 Å². The van der Waals surface area contributed by atoms with Gasteiger partial charge in [0.15, 0.2) is 0 Å². The fraction of sp³-hybridized carbons (Fsp3) is 0.632. The fourth-order valence-electron chi connectivity index (χ4n) is 4.92. The molecule has 2 aliphatic heterocycles. The molecular weight excluding hydrogens is 328 g/mol. The van der Waals surface area contributed by atoms with Gasteiger partial charge in [0.05, 0.1) is 18.3 Å². The lowest BCUT2D eigenvalue weighted by molar-refractivity contribution is -0.132. The Morgan fingerprint density at radius 3 is 2.62 bits per heavy atom. The SMILES string of the molecule is CCN1C(=O)C[C@@H](c2cnn(C)c2)C12CCN(Cc1nccn1C)CC2. The van der Waals surface area contributed by atoms with Crippen molar-refractivity contribution in [2.24, 2.45) is 14.1 Å². The van der Waals surface area contributed by atoms with Gasteiger partial charge in [0, 0.05) is 64.7 Å². The van der Waals surface area contributed by atoms with Crippen molar-refractivity contribution in [3.05, 3.63) is 36.2 Å². The highest BCUT2D eigenvalue weighted by molar-refractivity contribution is 5.81. The summed E-state index contributed by atoms with van der Waals surface area (Å²) in [6, 6.07) is 0. The number of rotatable bonds is 4. The Hall–Kier alpha value is -2.15. The first-order valence-corrected chi connectivity index (χ1v) is 9.51. The average Bonchev–Trinajstić information content (AvgIpc) is 3.29. The minimum atomic E-state index is -0.0625. The van der Waals surface area contributed by atoms with E-state index in [0.29, 0.717) is 12.3 Å². The highest BCUT2D eigenvalue weighted by Crippen LogP contribution is 2.48. The number of likely N-dealkylation sites (tertiary alicyclic amines) is 2. The van der Waals surface area contributed by atoms with E-state index < -0.39 is 0 Å². The molecule has 7 heteroatoms. The Bertz CT molecular complexity index is 786. The first-order chi connectivity index (χ1) is 12.5. The normalized spacial score (nSPS) is 23.3. The van der Waals surface area contributed by atoms with Crippen LogP contribution in [0.15, 0.2) is 24.8 Å². The van der Waals surface area contributed by atoms with Gasteiger partial charge in [-0.2, -0.15) is 5.10 Å². The number of carbonyl (C=O) groups excluding carboxylic acids is 1. The van der Waals surface area contributed by atoms with E-state index in [9.17, 15) is 4.79 Å². The highest BCUT2D eigenvalue weighted by Gasteiger charge is 2.53. The molecule has 0 aliphatic carbocycles. The lowest BCUT2D eigenvalue weighted by Gasteiger charge is -2.47. The Labute approximate surface area is 154 Å². The summed E-state index contributed by atoms with van der Waals surface area (Å²) in [5, 5.41) is 4.36. The molecule has 0 aromatic carbocycles. The van der Waals surface area contributed by atoms with Crippen molar-refractivity contribution in [3.8, 4) is 0 Å². The first-order valence-electron chi connectivity index (χ1n) is 9.51. The van der Waals surface area contributed by atoms with Gasteiger partial charge in [-0.1, -0.05) is 0 Å². The number of nitrogens with zero attached hydrogens (tertiary/aromatic N) is 6. The lowest BCUT2D eigenvalue weighted by atomic mass is 9.74. The zero-order valence-corrected chi connectivity index (χ0v) is 15.9. The van der Waals surface area contributed by atoms with Crippen LogP contribution in [0.3, 0.4) is 0 Å². The standard InChI is InChI=1S/C19H28N6O/c1-4-25-18(26)11-16(15-12-21-23(3)13-15)19(25)5-8-24(9-6-19)14-17-20-7-10-22(17)2/h7,10,12-13,16H,4-6,8-9,11,14H2,1-3H3/t16-/m0/s1. The zero-order chi connectivity index (χ0) is 18.3. The number of amides is 1. The Morgan fingerprint density at radius 2 is 2.04 bits per heavy atom. The molecule has 4 rings (SSSR count). The van der Waals surface area contributed by atoms with Gasteiger partial charge in [-0.3, -0.25) is 14.4 Å². The van der Waals surface area contributed by atoms with Gasteiger partial charge in [-0.05, 0) is 25.3 Å². The van der Waals surface area contributed by atoms with E-state index in [2.05, 4.69) is 37.6 Å². The number of aryl methyl sites for hydroxylation is 2. The van der Waals surface area contributed by atoms with Gasteiger partial charge in [-0.25, -0.2) is 4.98 Å². The van der Waals surface area contributed by atoms with Crippen LogP contribution in [0, 0.1) is 0 Å². The van der Waals surface area contributed by atoms with Gasteiger partial charge in [0.25, 0.3) is 0 Å². The summed E-state index contributed by atoms with van der Waals surface area (Å²) in [7, 11) is 3.99. The lowest BCUT2D eigenvalue weighted by Crippen LogP contribution is -2.55. The summed E-state index contributed by atoms with van der Waals surface area (Å²) in [6.45, 7) is 5.75. The molecule has 140 valence electrons. The third-order valence-electron chi connectivity index (χ3n) is 6.32.